The molecular weight excluding hydrogens is 397 g/mol. The molecule has 7 nitrogen and oxygen atoms in total. The van der Waals surface area contributed by atoms with Crippen LogP contribution in [0, 0.1) is 5.82 Å². The Morgan fingerprint density at radius 2 is 1.69 bits per heavy atom. The summed E-state index contributed by atoms with van der Waals surface area (Å²) in [6.07, 6.45) is 0.0955. The van der Waals surface area contributed by atoms with Crippen molar-refractivity contribution in [1.82, 2.24) is 4.98 Å². The van der Waals surface area contributed by atoms with Crippen LogP contribution in [0.2, 0.25) is 0 Å². The van der Waals surface area contributed by atoms with Gasteiger partial charge in [0.25, 0.3) is 0 Å². The molecule has 0 fully saturated rings. The molecule has 152 valence electrons. The number of methoxy groups -OCH3 is 3. The predicted octanol–water partition coefficient (Wildman–Crippen LogP) is 4.23. The third-order valence-corrected chi connectivity index (χ3v) is 4.74. The average Bonchev–Trinajstić information content (AvgIpc) is 3.15. The third kappa shape index (κ3) is 5.14. The minimum Gasteiger partial charge on any atom is -0.493 e. The third-order valence-electron chi connectivity index (χ3n) is 3.94. The topological polar surface area (TPSA) is 81.7 Å². The van der Waals surface area contributed by atoms with Gasteiger partial charge in [-0.25, -0.2) is 9.37 Å². The van der Waals surface area contributed by atoms with Gasteiger partial charge in [0.05, 0.1) is 33.4 Å². The second-order valence-corrected chi connectivity index (χ2v) is 6.77. The highest BCUT2D eigenvalue weighted by Crippen LogP contribution is 2.39. The normalized spacial score (nSPS) is 10.3. The van der Waals surface area contributed by atoms with E-state index >= 15 is 0 Å². The maximum atomic E-state index is 13.0. The van der Waals surface area contributed by atoms with Gasteiger partial charge in [0.15, 0.2) is 16.6 Å². The number of carbonyl (C=O) groups is 1. The van der Waals surface area contributed by atoms with Gasteiger partial charge < -0.3 is 24.8 Å². The number of thiazole rings is 1. The van der Waals surface area contributed by atoms with Crippen LogP contribution in [0.3, 0.4) is 0 Å². The summed E-state index contributed by atoms with van der Waals surface area (Å²) in [5.41, 5.74) is 1.85. The summed E-state index contributed by atoms with van der Waals surface area (Å²) in [6, 6.07) is 9.27. The summed E-state index contributed by atoms with van der Waals surface area (Å²) < 4.78 is 28.8. The van der Waals surface area contributed by atoms with Crippen molar-refractivity contribution in [2.45, 2.75) is 6.42 Å². The molecule has 29 heavy (non-hydrogen) atoms. The molecule has 0 bridgehead atoms. The second-order valence-electron chi connectivity index (χ2n) is 5.91. The average molecular weight is 417 g/mol. The number of benzene rings is 2. The van der Waals surface area contributed by atoms with Crippen molar-refractivity contribution >= 4 is 33.8 Å². The minimum atomic E-state index is -0.307. The van der Waals surface area contributed by atoms with Crippen molar-refractivity contribution in [2.24, 2.45) is 0 Å². The van der Waals surface area contributed by atoms with Crippen LogP contribution in [0.15, 0.2) is 41.8 Å². The Balaban J connectivity index is 1.65. The number of hydrogen-bond acceptors (Lipinski definition) is 7. The van der Waals surface area contributed by atoms with Gasteiger partial charge in [0.2, 0.25) is 11.7 Å². The van der Waals surface area contributed by atoms with Gasteiger partial charge >= 0.3 is 0 Å². The smallest absolute Gasteiger partial charge is 0.230 e. The Kier molecular flexibility index (Phi) is 6.50. The second kappa shape index (κ2) is 9.24. The van der Waals surface area contributed by atoms with Gasteiger partial charge in [-0.2, -0.15) is 0 Å². The maximum absolute atomic E-state index is 13.0. The van der Waals surface area contributed by atoms with Gasteiger partial charge in [-0.3, -0.25) is 4.79 Å². The number of nitrogens with zero attached hydrogens (tertiary/aromatic N) is 1. The first-order valence-corrected chi connectivity index (χ1v) is 9.47. The first-order chi connectivity index (χ1) is 14.0. The van der Waals surface area contributed by atoms with E-state index in [9.17, 15) is 9.18 Å². The zero-order valence-electron chi connectivity index (χ0n) is 16.1. The van der Waals surface area contributed by atoms with Gasteiger partial charge in [-0.1, -0.05) is 0 Å². The molecular formula is C20H20FN3O4S. The highest BCUT2D eigenvalue weighted by molar-refractivity contribution is 7.13. The largest absolute Gasteiger partial charge is 0.493 e. The lowest BCUT2D eigenvalue weighted by atomic mass is 10.2. The molecule has 3 aromatic rings. The first kappa shape index (κ1) is 20.4. The Bertz CT molecular complexity index is 967. The zero-order valence-corrected chi connectivity index (χ0v) is 16.9. The molecule has 2 N–H and O–H groups in total. The molecule has 0 atom stereocenters. The van der Waals surface area contributed by atoms with Crippen molar-refractivity contribution in [2.75, 3.05) is 32.0 Å². The summed E-state index contributed by atoms with van der Waals surface area (Å²) >= 11 is 1.36. The number of nitrogens with one attached hydrogen (secondary N) is 2. The first-order valence-electron chi connectivity index (χ1n) is 8.59. The number of amides is 1. The quantitative estimate of drug-likeness (QED) is 0.571. The van der Waals surface area contributed by atoms with Crippen LogP contribution in [-0.4, -0.2) is 32.2 Å². The van der Waals surface area contributed by atoms with Crippen molar-refractivity contribution in [3.8, 4) is 17.2 Å². The zero-order chi connectivity index (χ0) is 20.8. The monoisotopic (exact) mass is 417 g/mol. The van der Waals surface area contributed by atoms with Crippen molar-refractivity contribution < 1.29 is 23.4 Å². The lowest BCUT2D eigenvalue weighted by Gasteiger charge is -2.14. The number of ether oxygens (including phenoxy) is 3. The lowest BCUT2D eigenvalue weighted by Crippen LogP contribution is -2.15. The molecule has 1 heterocycles. The minimum absolute atomic E-state index is 0.0955. The number of anilines is 3. The Morgan fingerprint density at radius 3 is 2.28 bits per heavy atom. The molecule has 0 saturated carbocycles. The van der Waals surface area contributed by atoms with E-state index in [1.54, 1.807) is 29.6 Å². The van der Waals surface area contributed by atoms with Crippen LogP contribution in [-0.2, 0) is 11.2 Å². The van der Waals surface area contributed by atoms with Gasteiger partial charge in [-0.15, -0.1) is 11.3 Å². The molecule has 2 aromatic carbocycles. The summed E-state index contributed by atoms with van der Waals surface area (Å²) in [4.78, 5) is 16.8. The Hall–Kier alpha value is -3.33. The van der Waals surface area contributed by atoms with E-state index in [-0.39, 0.29) is 18.1 Å². The van der Waals surface area contributed by atoms with Crippen LogP contribution in [0.5, 0.6) is 17.2 Å². The van der Waals surface area contributed by atoms with Crippen molar-refractivity contribution in [3.05, 3.63) is 53.3 Å². The summed E-state index contributed by atoms with van der Waals surface area (Å²) in [6.45, 7) is 0. The van der Waals surface area contributed by atoms with Gasteiger partial charge in [0, 0.05) is 28.9 Å². The van der Waals surface area contributed by atoms with Crippen LogP contribution < -0.4 is 24.8 Å². The molecule has 0 aliphatic carbocycles. The van der Waals surface area contributed by atoms with Gasteiger partial charge in [0.1, 0.15) is 5.82 Å². The number of halogens is 1. The highest BCUT2D eigenvalue weighted by atomic mass is 32.1. The molecule has 0 aliphatic rings. The molecule has 0 unspecified atom stereocenters. The molecule has 3 rings (SSSR count). The van der Waals surface area contributed by atoms with Crippen LogP contribution in [0.1, 0.15) is 5.69 Å². The van der Waals surface area contributed by atoms with E-state index in [0.717, 1.165) is 0 Å². The SMILES string of the molecule is COc1cc(NC(=O)Cc2csc(Nc3ccc(F)cc3)n2)cc(OC)c1OC. The van der Waals surface area contributed by atoms with E-state index in [4.69, 9.17) is 14.2 Å². The molecule has 0 spiro atoms. The molecule has 0 aliphatic heterocycles. The van der Waals surface area contributed by atoms with E-state index < -0.39 is 0 Å². The van der Waals surface area contributed by atoms with Gasteiger partial charge in [-0.05, 0) is 24.3 Å². The van der Waals surface area contributed by atoms with Crippen molar-refractivity contribution in [1.29, 1.82) is 0 Å². The summed E-state index contributed by atoms with van der Waals surface area (Å²) in [5, 5.41) is 8.29. The molecule has 1 aromatic heterocycles. The van der Waals surface area contributed by atoms with E-state index in [1.807, 2.05) is 0 Å². The summed E-state index contributed by atoms with van der Waals surface area (Å²) in [7, 11) is 4.53. The lowest BCUT2D eigenvalue weighted by molar-refractivity contribution is -0.115. The van der Waals surface area contributed by atoms with E-state index in [2.05, 4.69) is 15.6 Å². The molecule has 9 heteroatoms. The van der Waals surface area contributed by atoms with Crippen LogP contribution in [0.25, 0.3) is 0 Å². The van der Waals surface area contributed by atoms with E-state index in [1.165, 1.54) is 44.8 Å². The number of hydrogen-bond donors (Lipinski definition) is 2. The fourth-order valence-electron chi connectivity index (χ4n) is 2.63. The molecule has 0 saturated heterocycles. The molecule has 0 radical (unpaired) electrons. The molecule has 1 amide bonds. The van der Waals surface area contributed by atoms with E-state index in [0.29, 0.717) is 39.4 Å². The maximum Gasteiger partial charge on any atom is 0.230 e. The number of rotatable bonds is 8. The number of aromatic nitrogens is 1. The van der Waals surface area contributed by atoms with Crippen LogP contribution in [0.4, 0.5) is 20.9 Å². The number of carbonyl (C=O) groups excluding carboxylic acids is 1. The van der Waals surface area contributed by atoms with Crippen LogP contribution >= 0.6 is 11.3 Å². The summed E-state index contributed by atoms with van der Waals surface area (Å²) in [5.74, 6) is 0.795. The van der Waals surface area contributed by atoms with Crippen molar-refractivity contribution in [3.63, 3.8) is 0 Å². The predicted molar refractivity (Wildman–Crippen MR) is 110 cm³/mol. The fraction of sp³-hybridized carbons (Fsp3) is 0.200. The highest BCUT2D eigenvalue weighted by Gasteiger charge is 2.15. The Labute approximate surface area is 171 Å². The fourth-order valence-corrected chi connectivity index (χ4v) is 3.36. The Morgan fingerprint density at radius 1 is 1.03 bits per heavy atom. The standard InChI is InChI=1S/C20H20FN3O4S/c1-26-16-8-14(9-17(27-2)19(16)28-3)22-18(25)10-15-11-29-20(24-15)23-13-6-4-12(21)5-7-13/h4-9,11H,10H2,1-3H3,(H,22,25)(H,23,24).